The van der Waals surface area contributed by atoms with Gasteiger partial charge in [0.25, 0.3) is 0 Å². The van der Waals surface area contributed by atoms with Crippen LogP contribution in [0.3, 0.4) is 0 Å². The minimum atomic E-state index is 0.0391. The highest BCUT2D eigenvalue weighted by Gasteiger charge is 2.21. The summed E-state index contributed by atoms with van der Waals surface area (Å²) in [7, 11) is 1.68. The Hall–Kier alpha value is -0.710. The summed E-state index contributed by atoms with van der Waals surface area (Å²) in [5.41, 5.74) is 7.21. The number of aliphatic hydroxyl groups is 1. The lowest BCUT2D eigenvalue weighted by Gasteiger charge is -2.24. The highest BCUT2D eigenvalue weighted by atomic mass is 32.2. The highest BCUT2D eigenvalue weighted by Crippen LogP contribution is 2.37. The van der Waals surface area contributed by atoms with Gasteiger partial charge in [0, 0.05) is 23.5 Å². The van der Waals surface area contributed by atoms with Crippen LogP contribution in [0.5, 0.6) is 5.75 Å². The molecule has 4 heteroatoms. The number of hydrogen-bond acceptors (Lipinski definition) is 4. The second-order valence-corrected chi connectivity index (χ2v) is 5.82. The average Bonchev–Trinajstić information content (AvgIpc) is 2.38. The van der Waals surface area contributed by atoms with E-state index in [1.807, 2.05) is 32.0 Å². The lowest BCUT2D eigenvalue weighted by atomic mass is 10.1. The van der Waals surface area contributed by atoms with Crippen LogP contribution in [0.4, 0.5) is 0 Å². The summed E-state index contributed by atoms with van der Waals surface area (Å²) in [6, 6.07) is 8.02. The van der Waals surface area contributed by atoms with E-state index in [0.717, 1.165) is 17.1 Å². The van der Waals surface area contributed by atoms with E-state index < -0.39 is 0 Å². The Labute approximate surface area is 114 Å². The van der Waals surface area contributed by atoms with Crippen molar-refractivity contribution in [3.63, 3.8) is 0 Å². The average molecular weight is 269 g/mol. The number of benzene rings is 1. The van der Waals surface area contributed by atoms with Crippen LogP contribution in [-0.2, 0) is 0 Å². The Balaban J connectivity index is 2.84. The van der Waals surface area contributed by atoms with Crippen LogP contribution in [0.15, 0.2) is 24.3 Å². The first-order chi connectivity index (χ1) is 8.60. The van der Waals surface area contributed by atoms with Crippen molar-refractivity contribution in [3.05, 3.63) is 29.8 Å². The first kappa shape index (κ1) is 15.3. The van der Waals surface area contributed by atoms with Gasteiger partial charge in [-0.25, -0.2) is 0 Å². The first-order valence-corrected chi connectivity index (χ1v) is 7.26. The predicted octanol–water partition coefficient (Wildman–Crippen LogP) is 2.45. The van der Waals surface area contributed by atoms with Crippen molar-refractivity contribution < 1.29 is 9.84 Å². The number of methoxy groups -OCH3 is 1. The molecule has 3 nitrogen and oxygen atoms in total. The van der Waals surface area contributed by atoms with Crippen molar-refractivity contribution in [2.75, 3.05) is 19.5 Å². The van der Waals surface area contributed by atoms with Gasteiger partial charge in [0.2, 0.25) is 0 Å². The van der Waals surface area contributed by atoms with E-state index >= 15 is 0 Å². The van der Waals surface area contributed by atoms with Crippen LogP contribution in [0.25, 0.3) is 0 Å². The Morgan fingerprint density at radius 3 is 2.56 bits per heavy atom. The van der Waals surface area contributed by atoms with Crippen LogP contribution in [0, 0.1) is 5.92 Å². The van der Waals surface area contributed by atoms with Gasteiger partial charge in [-0.15, -0.1) is 0 Å². The first-order valence-electron chi connectivity index (χ1n) is 6.21. The van der Waals surface area contributed by atoms with E-state index in [-0.39, 0.29) is 23.8 Å². The summed E-state index contributed by atoms with van der Waals surface area (Å²) >= 11 is 1.78. The van der Waals surface area contributed by atoms with Crippen LogP contribution in [-0.4, -0.2) is 30.6 Å². The van der Waals surface area contributed by atoms with Gasteiger partial charge >= 0.3 is 0 Å². The molecule has 0 amide bonds. The van der Waals surface area contributed by atoms with Gasteiger partial charge in [0.1, 0.15) is 5.75 Å². The summed E-state index contributed by atoms with van der Waals surface area (Å²) in [4.78, 5) is 0. The molecule has 3 atom stereocenters. The van der Waals surface area contributed by atoms with E-state index in [1.54, 1.807) is 18.9 Å². The largest absolute Gasteiger partial charge is 0.496 e. The van der Waals surface area contributed by atoms with Crippen LogP contribution >= 0.6 is 11.8 Å². The monoisotopic (exact) mass is 269 g/mol. The molecule has 0 aliphatic heterocycles. The molecule has 3 unspecified atom stereocenters. The standard InChI is InChI=1S/C14H23NO2S/c1-10(8-16)9-18-14(11(2)15)12-6-4-5-7-13(12)17-3/h4-7,10-11,14,16H,8-9,15H2,1-3H3. The minimum Gasteiger partial charge on any atom is -0.496 e. The maximum atomic E-state index is 9.09. The molecule has 0 spiro atoms. The highest BCUT2D eigenvalue weighted by molar-refractivity contribution is 7.99. The molecule has 0 aromatic heterocycles. The van der Waals surface area contributed by atoms with Crippen LogP contribution in [0.2, 0.25) is 0 Å². The van der Waals surface area contributed by atoms with Crippen LogP contribution < -0.4 is 10.5 Å². The topological polar surface area (TPSA) is 55.5 Å². The molecule has 0 aliphatic rings. The third-order valence-corrected chi connectivity index (χ3v) is 4.60. The Kier molecular flexibility index (Phi) is 6.54. The predicted molar refractivity (Wildman–Crippen MR) is 78.1 cm³/mol. The van der Waals surface area contributed by atoms with Crippen molar-refractivity contribution in [3.8, 4) is 5.75 Å². The second kappa shape index (κ2) is 7.67. The van der Waals surface area contributed by atoms with Crippen molar-refractivity contribution in [1.29, 1.82) is 0 Å². The lowest BCUT2D eigenvalue weighted by Crippen LogP contribution is -2.24. The maximum Gasteiger partial charge on any atom is 0.123 e. The fourth-order valence-electron chi connectivity index (χ4n) is 1.75. The third-order valence-electron chi connectivity index (χ3n) is 2.79. The quantitative estimate of drug-likeness (QED) is 0.798. The van der Waals surface area contributed by atoms with Crippen molar-refractivity contribution in [1.82, 2.24) is 0 Å². The van der Waals surface area contributed by atoms with Gasteiger partial charge in [-0.3, -0.25) is 0 Å². The Morgan fingerprint density at radius 1 is 1.33 bits per heavy atom. The molecule has 1 aromatic carbocycles. The summed E-state index contributed by atoms with van der Waals surface area (Å²) < 4.78 is 5.39. The van der Waals surface area contributed by atoms with Crippen molar-refractivity contribution in [2.24, 2.45) is 11.7 Å². The summed E-state index contributed by atoms with van der Waals surface area (Å²) in [6.45, 7) is 4.26. The lowest BCUT2D eigenvalue weighted by molar-refractivity contribution is 0.250. The molecule has 0 fully saturated rings. The summed E-state index contributed by atoms with van der Waals surface area (Å²) in [5, 5.41) is 9.28. The van der Waals surface area contributed by atoms with Crippen molar-refractivity contribution >= 4 is 11.8 Å². The molecule has 0 aliphatic carbocycles. The molecule has 0 heterocycles. The van der Waals surface area contributed by atoms with Gasteiger partial charge in [-0.2, -0.15) is 11.8 Å². The van der Waals surface area contributed by atoms with Gasteiger partial charge in [-0.1, -0.05) is 25.1 Å². The van der Waals surface area contributed by atoms with E-state index in [1.165, 1.54) is 0 Å². The zero-order valence-electron chi connectivity index (χ0n) is 11.3. The smallest absolute Gasteiger partial charge is 0.123 e. The molecule has 0 bridgehead atoms. The SMILES string of the molecule is COc1ccccc1C(SCC(C)CO)C(C)N. The maximum absolute atomic E-state index is 9.09. The van der Waals surface area contributed by atoms with Gasteiger partial charge in [0.05, 0.1) is 7.11 Å². The molecule has 102 valence electrons. The molecule has 18 heavy (non-hydrogen) atoms. The van der Waals surface area contributed by atoms with Gasteiger partial charge in [-0.05, 0) is 24.7 Å². The number of aliphatic hydroxyl groups excluding tert-OH is 1. The Bertz CT molecular complexity index is 357. The van der Waals surface area contributed by atoms with Crippen molar-refractivity contribution in [2.45, 2.75) is 25.1 Å². The van der Waals surface area contributed by atoms with Crippen LogP contribution in [0.1, 0.15) is 24.7 Å². The molecule has 1 aromatic rings. The van der Waals surface area contributed by atoms with E-state index in [2.05, 4.69) is 6.07 Å². The number of nitrogens with two attached hydrogens (primary N) is 1. The molecule has 0 radical (unpaired) electrons. The normalized spacial score (nSPS) is 16.1. The number of hydrogen-bond donors (Lipinski definition) is 2. The number of para-hydroxylation sites is 1. The molecule has 0 saturated heterocycles. The minimum absolute atomic E-state index is 0.0391. The second-order valence-electron chi connectivity index (χ2n) is 4.64. The molecular weight excluding hydrogens is 246 g/mol. The Morgan fingerprint density at radius 2 is 2.00 bits per heavy atom. The fraction of sp³-hybridized carbons (Fsp3) is 0.571. The van der Waals surface area contributed by atoms with E-state index in [0.29, 0.717) is 0 Å². The third kappa shape index (κ3) is 4.19. The zero-order valence-corrected chi connectivity index (χ0v) is 12.1. The van der Waals surface area contributed by atoms with Gasteiger partial charge < -0.3 is 15.6 Å². The molecule has 0 saturated carbocycles. The molecule has 3 N–H and O–H groups in total. The molecular formula is C14H23NO2S. The molecule has 1 rings (SSSR count). The van der Waals surface area contributed by atoms with E-state index in [9.17, 15) is 0 Å². The summed E-state index contributed by atoms with van der Waals surface area (Å²) in [5.74, 6) is 2.05. The number of rotatable bonds is 7. The van der Waals surface area contributed by atoms with E-state index in [4.69, 9.17) is 15.6 Å². The fourth-order valence-corrected chi connectivity index (χ4v) is 3.07. The number of thioether (sulfide) groups is 1. The number of ether oxygens (including phenoxy) is 1. The summed E-state index contributed by atoms with van der Waals surface area (Å²) in [6.07, 6.45) is 0. The zero-order chi connectivity index (χ0) is 13.5. The van der Waals surface area contributed by atoms with Gasteiger partial charge in [0.15, 0.2) is 0 Å².